The Hall–Kier alpha value is -2.26. The Kier molecular flexibility index (Phi) is 4.45. The molecule has 0 fully saturated rings. The standard InChI is InChI=1S/C18H17ClN2O/c1-22-16-8-6-14(7-9-16)18(21-11-10-20-13-21)12-15-4-2-3-5-17(15)19/h2-11,13,18H,12H2,1H3/t18-/m0/s1. The molecule has 0 bridgehead atoms. The second-order valence-corrected chi connectivity index (χ2v) is 5.50. The second kappa shape index (κ2) is 6.67. The minimum atomic E-state index is 0.147. The molecule has 0 radical (unpaired) electrons. The van der Waals surface area contributed by atoms with Gasteiger partial charge in [-0.1, -0.05) is 41.9 Å². The fourth-order valence-corrected chi connectivity index (χ4v) is 2.76. The quantitative estimate of drug-likeness (QED) is 0.699. The van der Waals surface area contributed by atoms with Crippen LogP contribution < -0.4 is 4.74 Å². The van der Waals surface area contributed by atoms with Gasteiger partial charge >= 0.3 is 0 Å². The highest BCUT2D eigenvalue weighted by Gasteiger charge is 2.15. The van der Waals surface area contributed by atoms with Gasteiger partial charge in [-0.25, -0.2) is 4.98 Å². The molecular weight excluding hydrogens is 296 g/mol. The lowest BCUT2D eigenvalue weighted by atomic mass is 9.98. The third kappa shape index (κ3) is 3.15. The maximum Gasteiger partial charge on any atom is 0.118 e. The number of imidazole rings is 1. The third-order valence-electron chi connectivity index (χ3n) is 3.76. The number of hydrogen-bond donors (Lipinski definition) is 0. The minimum Gasteiger partial charge on any atom is -0.497 e. The van der Waals surface area contributed by atoms with Crippen molar-refractivity contribution in [3.63, 3.8) is 0 Å². The number of ether oxygens (including phenoxy) is 1. The largest absolute Gasteiger partial charge is 0.497 e. The fraction of sp³-hybridized carbons (Fsp3) is 0.167. The Balaban J connectivity index is 1.95. The van der Waals surface area contributed by atoms with Gasteiger partial charge in [-0.3, -0.25) is 0 Å². The van der Waals surface area contributed by atoms with Crippen molar-refractivity contribution in [1.29, 1.82) is 0 Å². The van der Waals surface area contributed by atoms with E-state index >= 15 is 0 Å². The van der Waals surface area contributed by atoms with Crippen molar-refractivity contribution in [3.8, 4) is 5.75 Å². The van der Waals surface area contributed by atoms with Gasteiger partial charge in [0, 0.05) is 17.4 Å². The molecule has 4 heteroatoms. The summed E-state index contributed by atoms with van der Waals surface area (Å²) in [6.07, 6.45) is 6.42. The van der Waals surface area contributed by atoms with Crippen molar-refractivity contribution < 1.29 is 4.74 Å². The molecule has 22 heavy (non-hydrogen) atoms. The van der Waals surface area contributed by atoms with E-state index in [1.165, 1.54) is 5.56 Å². The number of aromatic nitrogens is 2. The van der Waals surface area contributed by atoms with Crippen LogP contribution in [0.3, 0.4) is 0 Å². The van der Waals surface area contributed by atoms with Crippen molar-refractivity contribution in [2.75, 3.05) is 7.11 Å². The number of halogens is 1. The van der Waals surface area contributed by atoms with Crippen molar-refractivity contribution in [2.45, 2.75) is 12.5 Å². The maximum absolute atomic E-state index is 6.32. The minimum absolute atomic E-state index is 0.147. The van der Waals surface area contributed by atoms with Gasteiger partial charge in [-0.05, 0) is 35.7 Å². The number of rotatable bonds is 5. The van der Waals surface area contributed by atoms with Crippen molar-refractivity contribution in [2.24, 2.45) is 0 Å². The third-order valence-corrected chi connectivity index (χ3v) is 4.13. The molecule has 1 aromatic heterocycles. The molecule has 0 aliphatic heterocycles. The molecule has 3 aromatic rings. The summed E-state index contributed by atoms with van der Waals surface area (Å²) < 4.78 is 7.34. The Morgan fingerprint density at radius 3 is 2.55 bits per heavy atom. The molecule has 0 amide bonds. The molecule has 0 saturated carbocycles. The molecule has 1 atom stereocenters. The van der Waals surface area contributed by atoms with Gasteiger partial charge in [-0.15, -0.1) is 0 Å². The summed E-state index contributed by atoms with van der Waals surface area (Å²) in [4.78, 5) is 4.17. The molecule has 0 unspecified atom stereocenters. The average molecular weight is 313 g/mol. The van der Waals surface area contributed by atoms with E-state index in [4.69, 9.17) is 16.3 Å². The average Bonchev–Trinajstić information content (AvgIpc) is 3.08. The number of benzene rings is 2. The van der Waals surface area contributed by atoms with E-state index in [0.29, 0.717) is 0 Å². The first-order chi connectivity index (χ1) is 10.8. The summed E-state index contributed by atoms with van der Waals surface area (Å²) in [6, 6.07) is 16.2. The van der Waals surface area contributed by atoms with Gasteiger partial charge in [0.2, 0.25) is 0 Å². The van der Waals surface area contributed by atoms with Gasteiger partial charge in [-0.2, -0.15) is 0 Å². The van der Waals surface area contributed by atoms with Crippen LogP contribution in [0.1, 0.15) is 17.2 Å². The summed E-state index contributed by atoms with van der Waals surface area (Å²) in [5, 5.41) is 0.793. The number of methoxy groups -OCH3 is 1. The lowest BCUT2D eigenvalue weighted by Crippen LogP contribution is -2.12. The zero-order valence-corrected chi connectivity index (χ0v) is 13.1. The summed E-state index contributed by atoms with van der Waals surface area (Å²) in [6.45, 7) is 0. The zero-order chi connectivity index (χ0) is 15.4. The van der Waals surface area contributed by atoms with Crippen LogP contribution in [-0.4, -0.2) is 16.7 Å². The van der Waals surface area contributed by atoms with E-state index in [1.54, 1.807) is 13.3 Å². The second-order valence-electron chi connectivity index (χ2n) is 5.09. The normalized spacial score (nSPS) is 12.1. The van der Waals surface area contributed by atoms with Crippen molar-refractivity contribution in [3.05, 3.63) is 83.4 Å². The summed E-state index contributed by atoms with van der Waals surface area (Å²) in [5.74, 6) is 0.853. The Morgan fingerprint density at radius 1 is 1.14 bits per heavy atom. The SMILES string of the molecule is COc1ccc([C@H](Cc2ccccc2Cl)n2ccnc2)cc1. The Bertz CT molecular complexity index is 723. The van der Waals surface area contributed by atoms with Gasteiger partial charge in [0.05, 0.1) is 19.5 Å². The first kappa shape index (κ1) is 14.7. The summed E-state index contributed by atoms with van der Waals surface area (Å²) in [5.41, 5.74) is 2.32. The first-order valence-corrected chi connectivity index (χ1v) is 7.50. The number of nitrogens with zero attached hydrogens (tertiary/aromatic N) is 2. The van der Waals surface area contributed by atoms with Crippen LogP contribution in [0.2, 0.25) is 5.02 Å². The van der Waals surface area contributed by atoms with Crippen molar-refractivity contribution in [1.82, 2.24) is 9.55 Å². The topological polar surface area (TPSA) is 27.1 Å². The van der Waals surface area contributed by atoms with E-state index in [2.05, 4.69) is 27.8 Å². The van der Waals surface area contributed by atoms with Crippen molar-refractivity contribution >= 4 is 11.6 Å². The predicted molar refractivity (Wildman–Crippen MR) is 88.5 cm³/mol. The summed E-state index contributed by atoms with van der Waals surface area (Å²) >= 11 is 6.32. The van der Waals surface area contributed by atoms with Gasteiger partial charge in [0.1, 0.15) is 5.75 Å². The van der Waals surface area contributed by atoms with Gasteiger partial charge < -0.3 is 9.30 Å². The maximum atomic E-state index is 6.32. The predicted octanol–water partition coefficient (Wildman–Crippen LogP) is 4.38. The molecule has 0 N–H and O–H groups in total. The molecule has 0 aliphatic rings. The highest BCUT2D eigenvalue weighted by molar-refractivity contribution is 6.31. The van der Waals surface area contributed by atoms with Gasteiger partial charge in [0.15, 0.2) is 0 Å². The van der Waals surface area contributed by atoms with E-state index in [-0.39, 0.29) is 6.04 Å². The van der Waals surface area contributed by atoms with Gasteiger partial charge in [0.25, 0.3) is 0 Å². The molecule has 112 valence electrons. The fourth-order valence-electron chi connectivity index (χ4n) is 2.55. The molecule has 3 nitrogen and oxygen atoms in total. The van der Waals surface area contributed by atoms with Crippen LogP contribution in [0, 0.1) is 0 Å². The molecule has 1 heterocycles. The van der Waals surface area contributed by atoms with E-state index in [1.807, 2.05) is 42.9 Å². The highest BCUT2D eigenvalue weighted by Crippen LogP contribution is 2.27. The smallest absolute Gasteiger partial charge is 0.118 e. The molecule has 0 spiro atoms. The molecule has 0 aliphatic carbocycles. The first-order valence-electron chi connectivity index (χ1n) is 7.12. The lowest BCUT2D eigenvalue weighted by molar-refractivity contribution is 0.414. The van der Waals surface area contributed by atoms with Crippen LogP contribution in [0.5, 0.6) is 5.75 Å². The van der Waals surface area contributed by atoms with Crippen LogP contribution >= 0.6 is 11.6 Å². The molecule has 0 saturated heterocycles. The van der Waals surface area contributed by atoms with Crippen LogP contribution in [0.25, 0.3) is 0 Å². The Morgan fingerprint density at radius 2 is 1.91 bits per heavy atom. The lowest BCUT2D eigenvalue weighted by Gasteiger charge is -2.20. The zero-order valence-electron chi connectivity index (χ0n) is 12.3. The van der Waals surface area contributed by atoms with E-state index < -0.39 is 0 Å². The monoisotopic (exact) mass is 312 g/mol. The van der Waals surface area contributed by atoms with E-state index in [9.17, 15) is 0 Å². The van der Waals surface area contributed by atoms with Crippen LogP contribution in [0.15, 0.2) is 67.3 Å². The van der Waals surface area contributed by atoms with Crippen LogP contribution in [0.4, 0.5) is 0 Å². The molecule has 3 rings (SSSR count). The van der Waals surface area contributed by atoms with E-state index in [0.717, 1.165) is 22.8 Å². The molecule has 2 aromatic carbocycles. The number of hydrogen-bond acceptors (Lipinski definition) is 2. The molecular formula is C18H17ClN2O. The highest BCUT2D eigenvalue weighted by atomic mass is 35.5. The Labute approximate surface area is 135 Å². The summed E-state index contributed by atoms with van der Waals surface area (Å²) in [7, 11) is 1.67. The van der Waals surface area contributed by atoms with Crippen LogP contribution in [-0.2, 0) is 6.42 Å².